The van der Waals surface area contributed by atoms with Crippen molar-refractivity contribution in [2.24, 2.45) is 0 Å². The van der Waals surface area contributed by atoms with E-state index in [1.54, 1.807) is 0 Å². The summed E-state index contributed by atoms with van der Waals surface area (Å²) in [5, 5.41) is 23.7. The number of carbonyl (C=O) groups excluding carboxylic acids is 2. The lowest BCUT2D eigenvalue weighted by atomic mass is 10.0. The normalized spacial score (nSPS) is 13.1. The van der Waals surface area contributed by atoms with Crippen LogP contribution in [-0.4, -0.2) is 46.9 Å². The molecule has 0 bridgehead atoms. The molecule has 0 radical (unpaired) electrons. The van der Waals surface area contributed by atoms with Gasteiger partial charge in [-0.2, -0.15) is 0 Å². The van der Waals surface area contributed by atoms with Crippen molar-refractivity contribution >= 4 is 11.9 Å². The first-order chi connectivity index (χ1) is 29.0. The van der Waals surface area contributed by atoms with Crippen molar-refractivity contribution in [2.75, 3.05) is 6.61 Å². The Bertz CT molecular complexity index is 852. The number of nitrogens with one attached hydrogen (secondary N) is 1. The van der Waals surface area contributed by atoms with Gasteiger partial charge in [0.2, 0.25) is 5.91 Å². The summed E-state index contributed by atoms with van der Waals surface area (Å²) in [4.78, 5) is 26.1. The third-order valence-corrected chi connectivity index (χ3v) is 12.7. The average molecular weight is 836 g/mol. The van der Waals surface area contributed by atoms with Crippen molar-refractivity contribution in [3.63, 3.8) is 0 Å². The third kappa shape index (κ3) is 43.3. The van der Waals surface area contributed by atoms with Crippen molar-refractivity contribution in [2.45, 2.75) is 322 Å². The molecule has 0 rings (SSSR count). The number of hydrogen-bond donors (Lipinski definition) is 3. The molecule has 0 aromatic rings. The largest absolute Gasteiger partial charge is 0.462 e. The van der Waals surface area contributed by atoms with Gasteiger partial charge in [-0.1, -0.05) is 265 Å². The fourth-order valence-electron chi connectivity index (χ4n) is 8.61. The minimum atomic E-state index is -0.778. The van der Waals surface area contributed by atoms with Crippen LogP contribution in [-0.2, 0) is 14.3 Å². The quantitative estimate of drug-likeness (QED) is 0.0419. The Kier molecular flexibility index (Phi) is 47.0. The number of carbonyl (C=O) groups is 2. The van der Waals surface area contributed by atoms with E-state index >= 15 is 0 Å². The number of aliphatic hydroxyl groups is 2. The van der Waals surface area contributed by atoms with Gasteiger partial charge in [-0.25, -0.2) is 0 Å². The van der Waals surface area contributed by atoms with Gasteiger partial charge in [-0.05, 0) is 25.7 Å². The van der Waals surface area contributed by atoms with E-state index in [9.17, 15) is 19.8 Å². The summed E-state index contributed by atoms with van der Waals surface area (Å²) < 4.78 is 5.95. The zero-order chi connectivity index (χ0) is 43.1. The highest BCUT2D eigenvalue weighted by Gasteiger charge is 2.24. The van der Waals surface area contributed by atoms with Crippen LogP contribution in [0.2, 0.25) is 0 Å². The SMILES string of the molecule is CCCCCCCCCCCCCCCCCCCC(CC(=O)NC(CO)C(O)CCCCCCCCCCC)OC(=O)CCCCCCCCCCCCCCCC. The van der Waals surface area contributed by atoms with Crippen molar-refractivity contribution in [1.82, 2.24) is 5.32 Å². The second-order valence-electron chi connectivity index (χ2n) is 18.6. The van der Waals surface area contributed by atoms with Crippen molar-refractivity contribution in [1.29, 1.82) is 0 Å². The van der Waals surface area contributed by atoms with Crippen molar-refractivity contribution in [3.8, 4) is 0 Å². The van der Waals surface area contributed by atoms with Gasteiger partial charge in [0, 0.05) is 6.42 Å². The van der Waals surface area contributed by atoms with Crippen LogP contribution in [0.1, 0.15) is 303 Å². The molecule has 0 saturated heterocycles. The number of amides is 1. The molecule has 0 saturated carbocycles. The summed E-state index contributed by atoms with van der Waals surface area (Å²) in [6.07, 6.45) is 51.7. The Morgan fingerprint density at radius 1 is 0.424 bits per heavy atom. The Hall–Kier alpha value is -1.14. The van der Waals surface area contributed by atoms with Gasteiger partial charge in [0.25, 0.3) is 0 Å². The molecular formula is C53H105NO5. The molecule has 3 atom stereocenters. The first-order valence-electron chi connectivity index (χ1n) is 26.8. The van der Waals surface area contributed by atoms with E-state index in [-0.39, 0.29) is 24.9 Å². The number of hydrogen-bond acceptors (Lipinski definition) is 5. The summed E-state index contributed by atoms with van der Waals surface area (Å²) in [6, 6.07) is -0.691. The molecule has 1 amide bonds. The molecule has 6 nitrogen and oxygen atoms in total. The molecule has 3 N–H and O–H groups in total. The lowest BCUT2D eigenvalue weighted by molar-refractivity contribution is -0.151. The van der Waals surface area contributed by atoms with E-state index in [2.05, 4.69) is 26.1 Å². The summed E-state index contributed by atoms with van der Waals surface area (Å²) in [6.45, 7) is 6.50. The van der Waals surface area contributed by atoms with Gasteiger partial charge in [0.05, 0.1) is 25.2 Å². The predicted octanol–water partition coefficient (Wildman–Crippen LogP) is 16.0. The van der Waals surface area contributed by atoms with E-state index in [0.29, 0.717) is 19.3 Å². The monoisotopic (exact) mass is 836 g/mol. The molecule has 0 aliphatic rings. The van der Waals surface area contributed by atoms with E-state index in [1.165, 1.54) is 218 Å². The van der Waals surface area contributed by atoms with E-state index in [0.717, 1.165) is 38.5 Å². The number of aliphatic hydroxyl groups excluding tert-OH is 2. The maximum atomic E-state index is 13.2. The first kappa shape index (κ1) is 57.9. The molecule has 352 valence electrons. The fraction of sp³-hybridized carbons (Fsp3) is 0.962. The number of unbranched alkanes of at least 4 members (excludes halogenated alkanes) is 37. The van der Waals surface area contributed by atoms with Crippen LogP contribution in [0, 0.1) is 0 Å². The van der Waals surface area contributed by atoms with Crippen LogP contribution in [0.15, 0.2) is 0 Å². The highest BCUT2D eigenvalue weighted by atomic mass is 16.5. The van der Waals surface area contributed by atoms with Crippen LogP contribution in [0.25, 0.3) is 0 Å². The first-order valence-corrected chi connectivity index (χ1v) is 26.8. The van der Waals surface area contributed by atoms with Crippen LogP contribution in [0.4, 0.5) is 0 Å². The van der Waals surface area contributed by atoms with Crippen molar-refractivity contribution < 1.29 is 24.5 Å². The highest BCUT2D eigenvalue weighted by molar-refractivity contribution is 5.77. The Morgan fingerprint density at radius 2 is 0.712 bits per heavy atom. The summed E-state index contributed by atoms with van der Waals surface area (Å²) in [7, 11) is 0. The minimum absolute atomic E-state index is 0.0879. The summed E-state index contributed by atoms with van der Waals surface area (Å²) >= 11 is 0. The van der Waals surface area contributed by atoms with E-state index < -0.39 is 18.2 Å². The lowest BCUT2D eigenvalue weighted by Gasteiger charge is -2.24. The second-order valence-corrected chi connectivity index (χ2v) is 18.6. The molecular weight excluding hydrogens is 731 g/mol. The van der Waals surface area contributed by atoms with Crippen molar-refractivity contribution in [3.05, 3.63) is 0 Å². The summed E-state index contributed by atoms with van der Waals surface area (Å²) in [5.41, 5.74) is 0. The average Bonchev–Trinajstić information content (AvgIpc) is 3.23. The van der Waals surface area contributed by atoms with Crippen LogP contribution < -0.4 is 5.32 Å². The van der Waals surface area contributed by atoms with Gasteiger partial charge in [0.1, 0.15) is 6.10 Å². The lowest BCUT2D eigenvalue weighted by Crippen LogP contribution is -2.46. The molecule has 0 spiro atoms. The van der Waals surface area contributed by atoms with Gasteiger partial charge in [-0.3, -0.25) is 9.59 Å². The highest BCUT2D eigenvalue weighted by Crippen LogP contribution is 2.19. The standard InChI is InChI=1S/C53H105NO5/c1-4-7-10-13-16-19-21-23-25-26-27-28-30-33-35-38-41-44-49(59-53(58)46-43-40-37-34-31-29-24-22-20-17-14-11-8-5-2)47-52(57)54-50(48-55)51(56)45-42-39-36-32-18-15-12-9-6-3/h49-51,55-56H,4-48H2,1-3H3,(H,54,57). The molecule has 59 heavy (non-hydrogen) atoms. The van der Waals surface area contributed by atoms with Gasteiger partial charge < -0.3 is 20.3 Å². The maximum absolute atomic E-state index is 13.2. The van der Waals surface area contributed by atoms with Gasteiger partial charge in [-0.15, -0.1) is 0 Å². The maximum Gasteiger partial charge on any atom is 0.306 e. The Labute approximate surface area is 368 Å². The Balaban J connectivity index is 4.49. The molecule has 0 fully saturated rings. The molecule has 6 heteroatoms. The fourth-order valence-corrected chi connectivity index (χ4v) is 8.61. The van der Waals surface area contributed by atoms with Crippen LogP contribution in [0.5, 0.6) is 0 Å². The van der Waals surface area contributed by atoms with Crippen LogP contribution in [0.3, 0.4) is 0 Å². The zero-order valence-electron chi connectivity index (χ0n) is 40.2. The minimum Gasteiger partial charge on any atom is -0.462 e. The number of esters is 1. The zero-order valence-corrected chi connectivity index (χ0v) is 40.2. The van der Waals surface area contributed by atoms with Crippen LogP contribution >= 0.6 is 0 Å². The van der Waals surface area contributed by atoms with Gasteiger partial charge >= 0.3 is 5.97 Å². The van der Waals surface area contributed by atoms with Gasteiger partial charge in [0.15, 0.2) is 0 Å². The molecule has 0 aliphatic carbocycles. The molecule has 0 aromatic heterocycles. The predicted molar refractivity (Wildman–Crippen MR) is 255 cm³/mol. The topological polar surface area (TPSA) is 95.9 Å². The third-order valence-electron chi connectivity index (χ3n) is 12.7. The second kappa shape index (κ2) is 47.9. The Morgan fingerprint density at radius 3 is 1.03 bits per heavy atom. The van der Waals surface area contributed by atoms with E-state index in [1.807, 2.05) is 0 Å². The molecule has 0 heterocycles. The smallest absolute Gasteiger partial charge is 0.306 e. The number of rotatable bonds is 49. The van der Waals surface area contributed by atoms with E-state index in [4.69, 9.17) is 4.74 Å². The summed E-state index contributed by atoms with van der Waals surface area (Å²) in [5.74, 6) is -0.450. The number of ether oxygens (including phenoxy) is 1. The molecule has 0 aromatic carbocycles. The molecule has 3 unspecified atom stereocenters. The molecule has 0 aliphatic heterocycles.